The molecule has 1 atom stereocenters. The molecular weight excluding hydrogens is 264 g/mol. The van der Waals surface area contributed by atoms with Crippen LogP contribution < -0.4 is 11.3 Å². The smallest absolute Gasteiger partial charge is 0.0596 e. The molecule has 0 saturated heterocycles. The molecule has 0 spiro atoms. The van der Waals surface area contributed by atoms with E-state index in [0.29, 0.717) is 5.92 Å². The normalized spacial score (nSPS) is 12.8. The van der Waals surface area contributed by atoms with Gasteiger partial charge in [-0.3, -0.25) is 11.3 Å². The molecule has 3 N–H and O–H groups in total. The summed E-state index contributed by atoms with van der Waals surface area (Å²) in [5.41, 5.74) is 7.09. The molecule has 0 radical (unpaired) electrons. The number of nitrogens with one attached hydrogen (secondary N) is 1. The molecule has 1 heterocycles. The highest BCUT2D eigenvalue weighted by atomic mass is 32.1. The van der Waals surface area contributed by atoms with Crippen LogP contribution in [0.25, 0.3) is 0 Å². The molecule has 0 saturated carbocycles. The maximum atomic E-state index is 5.77. The van der Waals surface area contributed by atoms with Crippen LogP contribution >= 0.6 is 11.3 Å². The molecule has 1 unspecified atom stereocenters. The van der Waals surface area contributed by atoms with Gasteiger partial charge in [0, 0.05) is 4.88 Å². The lowest BCUT2D eigenvalue weighted by Gasteiger charge is -2.17. The fourth-order valence-corrected chi connectivity index (χ4v) is 3.51. The second-order valence-corrected chi connectivity index (χ2v) is 6.43. The number of hydrogen-bond donors (Lipinski definition) is 2. The monoisotopic (exact) mass is 288 g/mol. The van der Waals surface area contributed by atoms with Gasteiger partial charge in [-0.1, -0.05) is 45.0 Å². The summed E-state index contributed by atoms with van der Waals surface area (Å²) in [7, 11) is 0. The Labute approximate surface area is 126 Å². The molecule has 0 bridgehead atoms. The first kappa shape index (κ1) is 15.2. The molecule has 2 rings (SSSR count). The van der Waals surface area contributed by atoms with Crippen molar-refractivity contribution in [1.29, 1.82) is 0 Å². The van der Waals surface area contributed by atoms with Crippen LogP contribution in [0.2, 0.25) is 0 Å². The van der Waals surface area contributed by atoms with E-state index in [4.69, 9.17) is 5.84 Å². The van der Waals surface area contributed by atoms with Crippen LogP contribution in [0.4, 0.5) is 0 Å². The number of hydrogen-bond acceptors (Lipinski definition) is 3. The standard InChI is InChI=1S/C17H24N2S/c1-4-14-9-10-20-17(14)16(19-18)11-13-5-7-15(8-6-13)12(2)3/h5-10,12,16,19H,4,11,18H2,1-3H3. The van der Waals surface area contributed by atoms with Crippen molar-refractivity contribution in [3.05, 3.63) is 57.3 Å². The molecule has 108 valence electrons. The highest BCUT2D eigenvalue weighted by molar-refractivity contribution is 7.10. The summed E-state index contributed by atoms with van der Waals surface area (Å²) in [5, 5.41) is 2.15. The van der Waals surface area contributed by atoms with E-state index in [1.165, 1.54) is 21.6 Å². The van der Waals surface area contributed by atoms with Crippen LogP contribution in [0.3, 0.4) is 0 Å². The Morgan fingerprint density at radius 1 is 1.15 bits per heavy atom. The molecule has 3 heteroatoms. The second-order valence-electron chi connectivity index (χ2n) is 5.48. The molecule has 0 aliphatic carbocycles. The van der Waals surface area contributed by atoms with E-state index in [-0.39, 0.29) is 6.04 Å². The number of benzene rings is 1. The Bertz CT molecular complexity index is 528. The predicted octanol–water partition coefficient (Wildman–Crippen LogP) is 4.18. The third kappa shape index (κ3) is 3.48. The molecule has 0 fully saturated rings. The Balaban J connectivity index is 2.14. The molecule has 2 aromatic rings. The van der Waals surface area contributed by atoms with Crippen molar-refractivity contribution in [2.45, 2.75) is 45.6 Å². The molecule has 2 nitrogen and oxygen atoms in total. The van der Waals surface area contributed by atoms with Crippen molar-refractivity contribution in [1.82, 2.24) is 5.43 Å². The molecule has 0 aliphatic heterocycles. The van der Waals surface area contributed by atoms with Gasteiger partial charge in [0.05, 0.1) is 6.04 Å². The van der Waals surface area contributed by atoms with E-state index in [1.807, 2.05) is 0 Å². The first-order valence-corrected chi connectivity index (χ1v) is 8.14. The minimum atomic E-state index is 0.204. The van der Waals surface area contributed by atoms with Crippen molar-refractivity contribution in [2.75, 3.05) is 0 Å². The van der Waals surface area contributed by atoms with E-state index in [2.05, 4.69) is 61.9 Å². The van der Waals surface area contributed by atoms with Crippen LogP contribution in [-0.4, -0.2) is 0 Å². The van der Waals surface area contributed by atoms with E-state index in [9.17, 15) is 0 Å². The maximum absolute atomic E-state index is 5.77. The van der Waals surface area contributed by atoms with Gasteiger partial charge >= 0.3 is 0 Å². The van der Waals surface area contributed by atoms with E-state index in [1.54, 1.807) is 11.3 Å². The van der Waals surface area contributed by atoms with Gasteiger partial charge in [0.25, 0.3) is 0 Å². The lowest BCUT2D eigenvalue weighted by molar-refractivity contribution is 0.557. The molecule has 1 aromatic carbocycles. The minimum absolute atomic E-state index is 0.204. The first-order chi connectivity index (χ1) is 9.65. The average Bonchev–Trinajstić information content (AvgIpc) is 2.93. The number of thiophene rings is 1. The molecular formula is C17H24N2S. The Morgan fingerprint density at radius 3 is 2.40 bits per heavy atom. The van der Waals surface area contributed by atoms with Crippen molar-refractivity contribution < 1.29 is 0 Å². The van der Waals surface area contributed by atoms with Crippen molar-refractivity contribution in [2.24, 2.45) is 5.84 Å². The van der Waals surface area contributed by atoms with Gasteiger partial charge in [-0.05, 0) is 46.9 Å². The summed E-state index contributed by atoms with van der Waals surface area (Å²) >= 11 is 1.79. The summed E-state index contributed by atoms with van der Waals surface area (Å²) in [6.07, 6.45) is 1.99. The summed E-state index contributed by atoms with van der Waals surface area (Å²) in [6.45, 7) is 6.63. The van der Waals surface area contributed by atoms with Gasteiger partial charge < -0.3 is 0 Å². The van der Waals surface area contributed by atoms with Crippen LogP contribution in [0, 0.1) is 0 Å². The largest absolute Gasteiger partial charge is 0.271 e. The average molecular weight is 288 g/mol. The van der Waals surface area contributed by atoms with Gasteiger partial charge in [0.15, 0.2) is 0 Å². The molecule has 0 aliphatic rings. The number of aryl methyl sites for hydroxylation is 1. The minimum Gasteiger partial charge on any atom is -0.271 e. The Kier molecular flexibility index (Phi) is 5.35. The topological polar surface area (TPSA) is 38.0 Å². The molecule has 0 amide bonds. The first-order valence-electron chi connectivity index (χ1n) is 7.27. The molecule has 1 aromatic heterocycles. The van der Waals surface area contributed by atoms with E-state index in [0.717, 1.165) is 12.8 Å². The van der Waals surface area contributed by atoms with Gasteiger partial charge in [0.2, 0.25) is 0 Å². The zero-order valence-corrected chi connectivity index (χ0v) is 13.3. The zero-order valence-electron chi connectivity index (χ0n) is 12.5. The van der Waals surface area contributed by atoms with Crippen molar-refractivity contribution in [3.8, 4) is 0 Å². The lowest BCUT2D eigenvalue weighted by Crippen LogP contribution is -2.29. The van der Waals surface area contributed by atoms with Crippen molar-refractivity contribution >= 4 is 11.3 Å². The Morgan fingerprint density at radius 2 is 1.85 bits per heavy atom. The Hall–Kier alpha value is -1.16. The fraction of sp³-hybridized carbons (Fsp3) is 0.412. The van der Waals surface area contributed by atoms with Crippen molar-refractivity contribution in [3.63, 3.8) is 0 Å². The summed E-state index contributed by atoms with van der Waals surface area (Å²) < 4.78 is 0. The van der Waals surface area contributed by atoms with Crippen LogP contribution in [0.15, 0.2) is 35.7 Å². The maximum Gasteiger partial charge on any atom is 0.0596 e. The summed E-state index contributed by atoms with van der Waals surface area (Å²) in [6, 6.07) is 11.3. The quantitative estimate of drug-likeness (QED) is 0.618. The summed E-state index contributed by atoms with van der Waals surface area (Å²) in [5.74, 6) is 6.35. The predicted molar refractivity (Wildman–Crippen MR) is 88.0 cm³/mol. The van der Waals surface area contributed by atoms with Gasteiger partial charge in [0.1, 0.15) is 0 Å². The molecule has 20 heavy (non-hydrogen) atoms. The SMILES string of the molecule is CCc1ccsc1C(Cc1ccc(C(C)C)cc1)NN. The fourth-order valence-electron chi connectivity index (χ4n) is 2.45. The number of rotatable bonds is 6. The van der Waals surface area contributed by atoms with Gasteiger partial charge in [-0.2, -0.15) is 0 Å². The zero-order chi connectivity index (χ0) is 14.5. The van der Waals surface area contributed by atoms with E-state index < -0.39 is 0 Å². The second kappa shape index (κ2) is 7.02. The highest BCUT2D eigenvalue weighted by Gasteiger charge is 2.15. The van der Waals surface area contributed by atoms with Crippen LogP contribution in [0.1, 0.15) is 54.3 Å². The van der Waals surface area contributed by atoms with Crippen LogP contribution in [-0.2, 0) is 12.8 Å². The highest BCUT2D eigenvalue weighted by Crippen LogP contribution is 2.27. The number of nitrogens with two attached hydrogens (primary N) is 1. The summed E-state index contributed by atoms with van der Waals surface area (Å²) in [4.78, 5) is 1.36. The van der Waals surface area contributed by atoms with Gasteiger partial charge in [-0.15, -0.1) is 11.3 Å². The van der Waals surface area contributed by atoms with E-state index >= 15 is 0 Å². The number of hydrazine groups is 1. The van der Waals surface area contributed by atoms with Gasteiger partial charge in [-0.25, -0.2) is 0 Å². The van der Waals surface area contributed by atoms with Crippen LogP contribution in [0.5, 0.6) is 0 Å². The third-order valence-electron chi connectivity index (χ3n) is 3.77. The third-order valence-corrected chi connectivity index (χ3v) is 4.84. The lowest BCUT2D eigenvalue weighted by atomic mass is 9.98.